The zero-order chi connectivity index (χ0) is 11.0. The lowest BCUT2D eigenvalue weighted by Gasteiger charge is -2.17. The Hall–Kier alpha value is -0.900. The van der Waals surface area contributed by atoms with E-state index in [4.69, 9.17) is 0 Å². The van der Waals surface area contributed by atoms with E-state index >= 15 is 0 Å². The molecule has 1 heterocycles. The standard InChI is InChI=1S/C12H20N4/c1-16-11(14-8-15-16)6-7-13-12(9-2-3-9)10-4-5-10/h8-10,12-13H,2-7H2,1H3. The van der Waals surface area contributed by atoms with Gasteiger partial charge in [-0.25, -0.2) is 4.98 Å². The topological polar surface area (TPSA) is 42.7 Å². The van der Waals surface area contributed by atoms with E-state index in [1.54, 1.807) is 6.33 Å². The van der Waals surface area contributed by atoms with Crippen LogP contribution in [0.4, 0.5) is 0 Å². The van der Waals surface area contributed by atoms with Gasteiger partial charge < -0.3 is 5.32 Å². The molecule has 3 rings (SSSR count). The molecule has 1 aromatic rings. The Morgan fingerprint density at radius 1 is 1.38 bits per heavy atom. The summed E-state index contributed by atoms with van der Waals surface area (Å²) in [5.41, 5.74) is 0. The summed E-state index contributed by atoms with van der Waals surface area (Å²) in [7, 11) is 1.96. The molecule has 0 spiro atoms. The molecule has 0 aliphatic heterocycles. The molecule has 0 amide bonds. The molecule has 88 valence electrons. The van der Waals surface area contributed by atoms with Gasteiger partial charge in [-0.2, -0.15) is 5.10 Å². The average Bonchev–Trinajstić information content (AvgIpc) is 3.15. The minimum absolute atomic E-state index is 0.799. The molecule has 2 saturated carbocycles. The van der Waals surface area contributed by atoms with Crippen LogP contribution in [0.2, 0.25) is 0 Å². The van der Waals surface area contributed by atoms with Gasteiger partial charge in [0.25, 0.3) is 0 Å². The number of aryl methyl sites for hydroxylation is 1. The molecule has 0 bridgehead atoms. The molecule has 1 aromatic heterocycles. The number of nitrogens with zero attached hydrogens (tertiary/aromatic N) is 3. The molecule has 2 aliphatic carbocycles. The normalized spacial score (nSPS) is 20.6. The van der Waals surface area contributed by atoms with Gasteiger partial charge in [-0.3, -0.25) is 4.68 Å². The Balaban J connectivity index is 1.46. The van der Waals surface area contributed by atoms with E-state index in [0.717, 1.165) is 36.7 Å². The summed E-state index contributed by atoms with van der Waals surface area (Å²) in [6.45, 7) is 1.05. The highest BCUT2D eigenvalue weighted by Crippen LogP contribution is 2.44. The third kappa shape index (κ3) is 2.26. The zero-order valence-electron chi connectivity index (χ0n) is 9.89. The van der Waals surface area contributed by atoms with Crippen LogP contribution in [-0.4, -0.2) is 27.4 Å². The number of hydrogen-bond donors (Lipinski definition) is 1. The highest BCUT2D eigenvalue weighted by molar-refractivity contribution is 4.97. The van der Waals surface area contributed by atoms with E-state index < -0.39 is 0 Å². The summed E-state index contributed by atoms with van der Waals surface area (Å²) < 4.78 is 1.87. The van der Waals surface area contributed by atoms with Crippen molar-refractivity contribution in [1.29, 1.82) is 0 Å². The highest BCUT2D eigenvalue weighted by atomic mass is 15.3. The lowest BCUT2D eigenvalue weighted by atomic mass is 10.1. The van der Waals surface area contributed by atoms with Crippen molar-refractivity contribution < 1.29 is 0 Å². The van der Waals surface area contributed by atoms with Crippen molar-refractivity contribution >= 4 is 0 Å². The number of aromatic nitrogens is 3. The molecule has 0 unspecified atom stereocenters. The van der Waals surface area contributed by atoms with Crippen LogP contribution in [0, 0.1) is 11.8 Å². The first-order valence-corrected chi connectivity index (χ1v) is 6.41. The SMILES string of the molecule is Cn1ncnc1CCNC(C1CC1)C1CC1. The molecule has 0 saturated heterocycles. The largest absolute Gasteiger partial charge is 0.313 e. The molecule has 0 atom stereocenters. The lowest BCUT2D eigenvalue weighted by Crippen LogP contribution is -2.34. The van der Waals surface area contributed by atoms with Gasteiger partial charge in [-0.05, 0) is 37.5 Å². The van der Waals surface area contributed by atoms with E-state index in [1.807, 2.05) is 11.7 Å². The van der Waals surface area contributed by atoms with Crippen molar-refractivity contribution in [3.63, 3.8) is 0 Å². The predicted octanol–water partition coefficient (Wildman–Crippen LogP) is 1.14. The molecule has 0 radical (unpaired) electrons. The van der Waals surface area contributed by atoms with Crippen molar-refractivity contribution in [3.8, 4) is 0 Å². The monoisotopic (exact) mass is 220 g/mol. The van der Waals surface area contributed by atoms with Crippen molar-refractivity contribution in [3.05, 3.63) is 12.2 Å². The van der Waals surface area contributed by atoms with Crippen LogP contribution in [0.1, 0.15) is 31.5 Å². The van der Waals surface area contributed by atoms with E-state index in [-0.39, 0.29) is 0 Å². The molecular formula is C12H20N4. The predicted molar refractivity (Wildman–Crippen MR) is 61.9 cm³/mol. The quantitative estimate of drug-likeness (QED) is 0.781. The summed E-state index contributed by atoms with van der Waals surface area (Å²) in [5, 5.41) is 7.82. The minimum atomic E-state index is 0.799. The summed E-state index contributed by atoms with van der Waals surface area (Å²) in [6.07, 6.45) is 8.40. The van der Waals surface area contributed by atoms with E-state index in [0.29, 0.717) is 0 Å². The second-order valence-corrected chi connectivity index (χ2v) is 5.20. The third-order valence-electron chi connectivity index (χ3n) is 3.79. The molecule has 1 N–H and O–H groups in total. The maximum Gasteiger partial charge on any atom is 0.138 e. The van der Waals surface area contributed by atoms with Crippen LogP contribution in [0.3, 0.4) is 0 Å². The Bertz CT molecular complexity index is 340. The Kier molecular flexibility index (Phi) is 2.67. The van der Waals surface area contributed by atoms with Gasteiger partial charge in [-0.15, -0.1) is 0 Å². The highest BCUT2D eigenvalue weighted by Gasteiger charge is 2.40. The molecule has 4 nitrogen and oxygen atoms in total. The number of rotatable bonds is 6. The Labute approximate surface area is 96.4 Å². The minimum Gasteiger partial charge on any atom is -0.313 e. The summed E-state index contributed by atoms with van der Waals surface area (Å²) in [6, 6.07) is 0.799. The maximum atomic E-state index is 4.25. The first kappa shape index (κ1) is 10.3. The Morgan fingerprint density at radius 3 is 2.56 bits per heavy atom. The van der Waals surface area contributed by atoms with Gasteiger partial charge in [0.15, 0.2) is 0 Å². The average molecular weight is 220 g/mol. The van der Waals surface area contributed by atoms with E-state index in [9.17, 15) is 0 Å². The fourth-order valence-electron chi connectivity index (χ4n) is 2.53. The zero-order valence-corrected chi connectivity index (χ0v) is 9.89. The smallest absolute Gasteiger partial charge is 0.138 e. The fourth-order valence-corrected chi connectivity index (χ4v) is 2.53. The first-order chi connectivity index (χ1) is 7.84. The van der Waals surface area contributed by atoms with Crippen LogP contribution in [0.25, 0.3) is 0 Å². The van der Waals surface area contributed by atoms with Crippen molar-refractivity contribution in [2.45, 2.75) is 38.1 Å². The van der Waals surface area contributed by atoms with Crippen LogP contribution < -0.4 is 5.32 Å². The molecule has 0 aromatic carbocycles. The molecule has 16 heavy (non-hydrogen) atoms. The van der Waals surface area contributed by atoms with Crippen LogP contribution in [0.15, 0.2) is 6.33 Å². The van der Waals surface area contributed by atoms with Gasteiger partial charge in [-0.1, -0.05) is 0 Å². The summed E-state index contributed by atoms with van der Waals surface area (Å²) in [4.78, 5) is 4.25. The van der Waals surface area contributed by atoms with E-state index in [2.05, 4.69) is 15.4 Å². The summed E-state index contributed by atoms with van der Waals surface area (Å²) >= 11 is 0. The van der Waals surface area contributed by atoms with Gasteiger partial charge in [0, 0.05) is 26.1 Å². The molecular weight excluding hydrogens is 200 g/mol. The second kappa shape index (κ2) is 4.17. The molecule has 4 heteroatoms. The number of nitrogens with one attached hydrogen (secondary N) is 1. The first-order valence-electron chi connectivity index (χ1n) is 6.41. The van der Waals surface area contributed by atoms with Crippen LogP contribution >= 0.6 is 0 Å². The van der Waals surface area contributed by atoms with Crippen LogP contribution in [0.5, 0.6) is 0 Å². The van der Waals surface area contributed by atoms with Crippen LogP contribution in [-0.2, 0) is 13.5 Å². The molecule has 2 fully saturated rings. The number of hydrogen-bond acceptors (Lipinski definition) is 3. The van der Waals surface area contributed by atoms with Crippen molar-refractivity contribution in [2.75, 3.05) is 6.54 Å². The lowest BCUT2D eigenvalue weighted by molar-refractivity contribution is 0.417. The van der Waals surface area contributed by atoms with E-state index in [1.165, 1.54) is 25.7 Å². The van der Waals surface area contributed by atoms with Crippen molar-refractivity contribution in [1.82, 2.24) is 20.1 Å². The summed E-state index contributed by atoms with van der Waals surface area (Å²) in [5.74, 6) is 3.04. The fraction of sp³-hybridized carbons (Fsp3) is 0.833. The second-order valence-electron chi connectivity index (χ2n) is 5.20. The van der Waals surface area contributed by atoms with Gasteiger partial charge in [0.05, 0.1) is 0 Å². The van der Waals surface area contributed by atoms with Gasteiger partial charge in [0.1, 0.15) is 12.2 Å². The van der Waals surface area contributed by atoms with Gasteiger partial charge in [0.2, 0.25) is 0 Å². The maximum absolute atomic E-state index is 4.25. The van der Waals surface area contributed by atoms with Crippen molar-refractivity contribution in [2.24, 2.45) is 18.9 Å². The molecule has 2 aliphatic rings. The Morgan fingerprint density at radius 2 is 2.06 bits per heavy atom. The third-order valence-corrected chi connectivity index (χ3v) is 3.79. The van der Waals surface area contributed by atoms with Gasteiger partial charge >= 0.3 is 0 Å².